The van der Waals surface area contributed by atoms with Crippen molar-refractivity contribution in [2.45, 2.75) is 6.04 Å². The summed E-state index contributed by atoms with van der Waals surface area (Å²) in [4.78, 5) is 15.1. The molecular weight excluding hydrogens is 202 g/mol. The van der Waals surface area contributed by atoms with Gasteiger partial charge >= 0.3 is 0 Å². The molecule has 0 aliphatic heterocycles. The Bertz CT molecular complexity index is 326. The number of hydrogen-bond acceptors (Lipinski definition) is 6. The number of hydrogen-bond donors (Lipinski definition) is 4. The van der Waals surface area contributed by atoms with Crippen LogP contribution in [0.15, 0.2) is 0 Å². The third kappa shape index (κ3) is 3.18. The van der Waals surface area contributed by atoms with Crippen LogP contribution in [0, 0.1) is 0 Å². The molecule has 15 heavy (non-hydrogen) atoms. The minimum atomic E-state index is -0.490. The number of carbonyl (C=O) groups is 1. The highest BCUT2D eigenvalue weighted by atomic mass is 16.5. The second kappa shape index (κ2) is 5.27. The Labute approximate surface area is 85.8 Å². The van der Waals surface area contributed by atoms with Crippen LogP contribution < -0.4 is 11.1 Å². The average molecular weight is 215 g/mol. The third-order valence-corrected chi connectivity index (χ3v) is 1.64. The minimum Gasteiger partial charge on any atom is -0.394 e. The third-order valence-electron chi connectivity index (χ3n) is 1.64. The SMILES string of the molecule is COCC(CO)NC(=O)c1nc(N)n[nH]1. The van der Waals surface area contributed by atoms with Gasteiger partial charge in [-0.15, -0.1) is 5.10 Å². The predicted molar refractivity (Wildman–Crippen MR) is 51.0 cm³/mol. The summed E-state index contributed by atoms with van der Waals surface area (Å²) in [5.74, 6) is -0.496. The lowest BCUT2D eigenvalue weighted by molar-refractivity contribution is 0.0830. The number of nitrogen functional groups attached to an aromatic ring is 1. The Balaban J connectivity index is 2.54. The summed E-state index contributed by atoms with van der Waals surface area (Å²) in [6.45, 7) is -0.00490. The van der Waals surface area contributed by atoms with Crippen LogP contribution in [0.25, 0.3) is 0 Å². The highest BCUT2D eigenvalue weighted by Crippen LogP contribution is 1.94. The van der Waals surface area contributed by atoms with Crippen molar-refractivity contribution in [3.63, 3.8) is 0 Å². The fraction of sp³-hybridized carbons (Fsp3) is 0.571. The number of aromatic amines is 1. The number of methoxy groups -OCH3 is 1. The number of aliphatic hydroxyl groups excluding tert-OH is 1. The second-order valence-electron chi connectivity index (χ2n) is 2.85. The van der Waals surface area contributed by atoms with Gasteiger partial charge in [0.1, 0.15) is 0 Å². The molecule has 0 saturated heterocycles. The molecule has 0 aliphatic carbocycles. The van der Waals surface area contributed by atoms with E-state index < -0.39 is 11.9 Å². The van der Waals surface area contributed by atoms with Crippen molar-refractivity contribution in [2.24, 2.45) is 0 Å². The zero-order chi connectivity index (χ0) is 11.3. The van der Waals surface area contributed by atoms with Crippen LogP contribution in [-0.2, 0) is 4.74 Å². The summed E-state index contributed by atoms with van der Waals surface area (Å²) >= 11 is 0. The maximum Gasteiger partial charge on any atom is 0.289 e. The number of nitrogens with two attached hydrogens (primary N) is 1. The number of aromatic nitrogens is 3. The highest BCUT2D eigenvalue weighted by molar-refractivity contribution is 5.90. The van der Waals surface area contributed by atoms with Gasteiger partial charge in [0, 0.05) is 7.11 Å². The van der Waals surface area contributed by atoms with Crippen LogP contribution >= 0.6 is 0 Å². The Kier molecular flexibility index (Phi) is 4.01. The van der Waals surface area contributed by atoms with Crippen molar-refractivity contribution in [2.75, 3.05) is 26.1 Å². The first-order valence-corrected chi connectivity index (χ1v) is 4.26. The van der Waals surface area contributed by atoms with Gasteiger partial charge in [-0.25, -0.2) is 0 Å². The maximum atomic E-state index is 11.4. The Morgan fingerprint density at radius 1 is 1.80 bits per heavy atom. The Morgan fingerprint density at radius 2 is 2.53 bits per heavy atom. The van der Waals surface area contributed by atoms with Gasteiger partial charge in [-0.2, -0.15) is 4.98 Å². The molecule has 84 valence electrons. The van der Waals surface area contributed by atoms with Gasteiger partial charge in [0.25, 0.3) is 5.91 Å². The summed E-state index contributed by atoms with van der Waals surface area (Å²) in [6.07, 6.45) is 0. The van der Waals surface area contributed by atoms with Crippen molar-refractivity contribution in [1.82, 2.24) is 20.5 Å². The summed E-state index contributed by atoms with van der Waals surface area (Å²) in [5.41, 5.74) is 5.23. The molecule has 8 nitrogen and oxygen atoms in total. The first-order chi connectivity index (χ1) is 7.17. The molecule has 5 N–H and O–H groups in total. The van der Waals surface area contributed by atoms with Crippen LogP contribution in [0.3, 0.4) is 0 Å². The number of H-pyrrole nitrogens is 1. The molecule has 1 amide bonds. The standard InChI is InChI=1S/C7H13N5O3/c1-15-3-4(2-13)9-6(14)5-10-7(8)12-11-5/h4,13H,2-3H2,1H3,(H,9,14)(H3,8,10,11,12). The number of anilines is 1. The number of aliphatic hydroxyl groups is 1. The van der Waals surface area contributed by atoms with E-state index in [1.54, 1.807) is 0 Å². The first kappa shape index (κ1) is 11.4. The number of ether oxygens (including phenoxy) is 1. The molecule has 0 saturated carbocycles. The van der Waals surface area contributed by atoms with Gasteiger partial charge in [0.2, 0.25) is 11.8 Å². The fourth-order valence-corrected chi connectivity index (χ4v) is 0.971. The van der Waals surface area contributed by atoms with E-state index >= 15 is 0 Å². The molecule has 1 aromatic heterocycles. The molecule has 1 atom stereocenters. The molecule has 1 aromatic rings. The van der Waals surface area contributed by atoms with Gasteiger partial charge in [-0.05, 0) is 0 Å². The number of amides is 1. The molecule has 1 rings (SSSR count). The zero-order valence-corrected chi connectivity index (χ0v) is 8.23. The van der Waals surface area contributed by atoms with E-state index in [4.69, 9.17) is 15.6 Å². The van der Waals surface area contributed by atoms with Gasteiger partial charge < -0.3 is 20.9 Å². The zero-order valence-electron chi connectivity index (χ0n) is 8.23. The molecule has 0 bridgehead atoms. The molecule has 0 radical (unpaired) electrons. The average Bonchev–Trinajstić information content (AvgIpc) is 2.64. The molecule has 0 aliphatic rings. The van der Waals surface area contributed by atoms with Crippen molar-refractivity contribution in [3.05, 3.63) is 5.82 Å². The van der Waals surface area contributed by atoms with E-state index in [2.05, 4.69) is 20.5 Å². The largest absolute Gasteiger partial charge is 0.394 e. The van der Waals surface area contributed by atoms with Gasteiger partial charge in [0.05, 0.1) is 19.3 Å². The summed E-state index contributed by atoms with van der Waals surface area (Å²) < 4.78 is 4.79. The van der Waals surface area contributed by atoms with Crippen molar-refractivity contribution >= 4 is 11.9 Å². The monoisotopic (exact) mass is 215 g/mol. The molecule has 8 heteroatoms. The number of rotatable bonds is 5. The van der Waals surface area contributed by atoms with Gasteiger partial charge in [-0.3, -0.25) is 9.89 Å². The smallest absolute Gasteiger partial charge is 0.289 e. The quantitative estimate of drug-likeness (QED) is 0.455. The lowest BCUT2D eigenvalue weighted by atomic mass is 10.3. The second-order valence-corrected chi connectivity index (χ2v) is 2.85. The van der Waals surface area contributed by atoms with Crippen molar-refractivity contribution in [1.29, 1.82) is 0 Å². The van der Waals surface area contributed by atoms with Crippen molar-refractivity contribution in [3.8, 4) is 0 Å². The number of nitrogens with one attached hydrogen (secondary N) is 2. The Hall–Kier alpha value is -1.67. The minimum absolute atomic E-state index is 0.00190. The van der Waals surface area contributed by atoms with E-state index in [1.807, 2.05) is 0 Å². The molecule has 1 unspecified atom stereocenters. The van der Waals surface area contributed by atoms with E-state index in [1.165, 1.54) is 7.11 Å². The molecular formula is C7H13N5O3. The van der Waals surface area contributed by atoms with Gasteiger partial charge in [0.15, 0.2) is 0 Å². The maximum absolute atomic E-state index is 11.4. The summed E-state index contributed by atoms with van der Waals surface area (Å²) in [5, 5.41) is 17.2. The van der Waals surface area contributed by atoms with Crippen LogP contribution in [0.4, 0.5) is 5.95 Å². The number of carbonyl (C=O) groups excluding carboxylic acids is 1. The fourth-order valence-electron chi connectivity index (χ4n) is 0.971. The van der Waals surface area contributed by atoms with Crippen LogP contribution in [-0.4, -0.2) is 52.6 Å². The highest BCUT2D eigenvalue weighted by Gasteiger charge is 2.15. The molecule has 1 heterocycles. The van der Waals surface area contributed by atoms with E-state index in [9.17, 15) is 4.79 Å². The normalized spacial score (nSPS) is 12.4. The van der Waals surface area contributed by atoms with Crippen LogP contribution in [0.5, 0.6) is 0 Å². The topological polar surface area (TPSA) is 126 Å². The predicted octanol–water partition coefficient (Wildman–Crippen LogP) is -1.88. The molecule has 0 fully saturated rings. The summed E-state index contributed by atoms with van der Waals surface area (Å²) in [6, 6.07) is -0.478. The van der Waals surface area contributed by atoms with Crippen LogP contribution in [0.1, 0.15) is 10.6 Å². The lowest BCUT2D eigenvalue weighted by Crippen LogP contribution is -2.41. The molecule has 0 spiro atoms. The van der Waals surface area contributed by atoms with E-state index in [0.717, 1.165) is 0 Å². The van der Waals surface area contributed by atoms with E-state index in [0.29, 0.717) is 0 Å². The van der Waals surface area contributed by atoms with Crippen molar-refractivity contribution < 1.29 is 14.6 Å². The van der Waals surface area contributed by atoms with Crippen LogP contribution in [0.2, 0.25) is 0 Å². The van der Waals surface area contributed by atoms with E-state index in [-0.39, 0.29) is 25.0 Å². The first-order valence-electron chi connectivity index (χ1n) is 4.26. The summed E-state index contributed by atoms with van der Waals surface area (Å²) in [7, 11) is 1.47. The number of nitrogens with zero attached hydrogens (tertiary/aromatic N) is 2. The Morgan fingerprint density at radius 3 is 3.00 bits per heavy atom. The lowest BCUT2D eigenvalue weighted by Gasteiger charge is -2.13. The van der Waals surface area contributed by atoms with Gasteiger partial charge in [-0.1, -0.05) is 0 Å². The molecule has 0 aromatic carbocycles.